The molecule has 0 atom stereocenters. The lowest BCUT2D eigenvalue weighted by Gasteiger charge is -2.22. The Balaban J connectivity index is 2.09. The van der Waals surface area contributed by atoms with Gasteiger partial charge in [-0.2, -0.15) is 5.10 Å². The summed E-state index contributed by atoms with van der Waals surface area (Å²) >= 11 is 0. The predicted molar refractivity (Wildman–Crippen MR) is 99.5 cm³/mol. The van der Waals surface area contributed by atoms with E-state index in [1.807, 2.05) is 38.1 Å². The average Bonchev–Trinajstić information content (AvgIpc) is 2.64. The number of fused-ring (bicyclic) bond motifs is 1. The van der Waals surface area contributed by atoms with Gasteiger partial charge in [0.1, 0.15) is 0 Å². The number of amides is 1. The molecule has 0 aliphatic rings. The molecule has 3 rings (SSSR count). The molecule has 0 saturated carbocycles. The number of non-ortho nitro benzene ring substituents is 1. The highest BCUT2D eigenvalue weighted by Crippen LogP contribution is 2.27. The highest BCUT2D eigenvalue weighted by Gasteiger charge is 2.23. The van der Waals surface area contributed by atoms with Gasteiger partial charge in [-0.25, -0.2) is 0 Å². The molecule has 0 spiro atoms. The van der Waals surface area contributed by atoms with Crippen molar-refractivity contribution in [3.63, 3.8) is 0 Å². The Kier molecular flexibility index (Phi) is 4.62. The number of nitro groups is 1. The Morgan fingerprint density at radius 2 is 1.81 bits per heavy atom. The van der Waals surface area contributed by atoms with Crippen molar-refractivity contribution >= 4 is 28.2 Å². The van der Waals surface area contributed by atoms with Crippen LogP contribution in [0.15, 0.2) is 42.5 Å². The summed E-state index contributed by atoms with van der Waals surface area (Å²) in [4.78, 5) is 25.1. The molecule has 0 radical (unpaired) electrons. The van der Waals surface area contributed by atoms with Gasteiger partial charge < -0.3 is 0 Å². The second kappa shape index (κ2) is 6.87. The molecular formula is C19H18N4O3. The topological polar surface area (TPSA) is 89.2 Å². The molecular weight excluding hydrogens is 332 g/mol. The second-order valence-corrected chi connectivity index (χ2v) is 5.96. The van der Waals surface area contributed by atoms with Crippen molar-refractivity contribution in [3.8, 4) is 0 Å². The van der Waals surface area contributed by atoms with Crippen LogP contribution >= 0.6 is 0 Å². The van der Waals surface area contributed by atoms with E-state index in [1.165, 1.54) is 18.2 Å². The first-order valence-electron chi connectivity index (χ1n) is 8.23. The van der Waals surface area contributed by atoms with E-state index in [0.29, 0.717) is 23.5 Å². The molecule has 2 aromatic carbocycles. The first kappa shape index (κ1) is 17.5. The Bertz CT molecular complexity index is 1020. The van der Waals surface area contributed by atoms with Gasteiger partial charge in [0.2, 0.25) is 0 Å². The summed E-state index contributed by atoms with van der Waals surface area (Å²) < 4.78 is 0. The van der Waals surface area contributed by atoms with Gasteiger partial charge in [0.05, 0.1) is 10.6 Å². The molecule has 1 aromatic heterocycles. The normalized spacial score (nSPS) is 10.7. The number of hydrogen-bond donors (Lipinski definition) is 0. The number of nitro benzene ring substituents is 1. The summed E-state index contributed by atoms with van der Waals surface area (Å²) in [6.45, 7) is 5.82. The van der Waals surface area contributed by atoms with Gasteiger partial charge in [-0.1, -0.05) is 24.3 Å². The van der Waals surface area contributed by atoms with Crippen LogP contribution in [0.4, 0.5) is 11.5 Å². The summed E-state index contributed by atoms with van der Waals surface area (Å²) in [6, 6.07) is 11.9. The maximum absolute atomic E-state index is 13.1. The lowest BCUT2D eigenvalue weighted by Crippen LogP contribution is -2.32. The van der Waals surface area contributed by atoms with Crippen molar-refractivity contribution in [2.75, 3.05) is 11.4 Å². The quantitative estimate of drug-likeness (QED) is 0.527. The molecule has 7 nitrogen and oxygen atoms in total. The summed E-state index contributed by atoms with van der Waals surface area (Å²) in [7, 11) is 0. The lowest BCUT2D eigenvalue weighted by atomic mass is 10.1. The monoisotopic (exact) mass is 350 g/mol. The van der Waals surface area contributed by atoms with Crippen molar-refractivity contribution in [3.05, 3.63) is 69.4 Å². The molecule has 0 N–H and O–H groups in total. The molecule has 0 aliphatic carbocycles. The smallest absolute Gasteiger partial charge is 0.269 e. The van der Waals surface area contributed by atoms with Crippen LogP contribution in [0.25, 0.3) is 10.8 Å². The second-order valence-electron chi connectivity index (χ2n) is 5.96. The average molecular weight is 350 g/mol. The van der Waals surface area contributed by atoms with E-state index in [-0.39, 0.29) is 11.6 Å². The van der Waals surface area contributed by atoms with Crippen LogP contribution in [0.2, 0.25) is 0 Å². The Labute approximate surface area is 150 Å². The van der Waals surface area contributed by atoms with Crippen molar-refractivity contribution in [2.24, 2.45) is 0 Å². The van der Waals surface area contributed by atoms with Crippen LogP contribution in [-0.2, 0) is 0 Å². The van der Waals surface area contributed by atoms with Crippen LogP contribution < -0.4 is 4.90 Å². The van der Waals surface area contributed by atoms with Crippen molar-refractivity contribution in [2.45, 2.75) is 20.8 Å². The van der Waals surface area contributed by atoms with Gasteiger partial charge in [-0.3, -0.25) is 19.8 Å². The minimum absolute atomic E-state index is 0.0392. The van der Waals surface area contributed by atoms with Crippen molar-refractivity contribution < 1.29 is 9.72 Å². The van der Waals surface area contributed by atoms with E-state index in [0.717, 1.165) is 16.5 Å². The van der Waals surface area contributed by atoms with Gasteiger partial charge in [0.15, 0.2) is 5.82 Å². The van der Waals surface area contributed by atoms with E-state index >= 15 is 0 Å². The van der Waals surface area contributed by atoms with E-state index < -0.39 is 4.92 Å². The van der Waals surface area contributed by atoms with Crippen molar-refractivity contribution in [1.29, 1.82) is 0 Å². The van der Waals surface area contributed by atoms with Crippen LogP contribution in [0, 0.1) is 24.0 Å². The number of carbonyl (C=O) groups excluding carboxylic acids is 1. The number of benzene rings is 2. The number of carbonyl (C=O) groups is 1. The molecule has 132 valence electrons. The molecule has 7 heteroatoms. The lowest BCUT2D eigenvalue weighted by molar-refractivity contribution is -0.384. The summed E-state index contributed by atoms with van der Waals surface area (Å²) in [5.41, 5.74) is 1.71. The maximum Gasteiger partial charge on any atom is 0.269 e. The van der Waals surface area contributed by atoms with Crippen LogP contribution in [-0.4, -0.2) is 27.6 Å². The molecule has 0 bridgehead atoms. The molecule has 1 amide bonds. The highest BCUT2D eigenvalue weighted by molar-refractivity contribution is 6.10. The first-order chi connectivity index (χ1) is 12.4. The van der Waals surface area contributed by atoms with Crippen LogP contribution in [0.1, 0.15) is 28.5 Å². The zero-order chi connectivity index (χ0) is 18.8. The van der Waals surface area contributed by atoms with Crippen molar-refractivity contribution in [1.82, 2.24) is 10.2 Å². The SMILES string of the molecule is CCN(C(=O)c1ccc([N+](=O)[O-])cc1C)c1nnc(C)c2ccccc12. The zero-order valence-corrected chi connectivity index (χ0v) is 14.8. The number of aromatic nitrogens is 2. The molecule has 0 unspecified atom stereocenters. The molecule has 0 aliphatic heterocycles. The molecule has 0 fully saturated rings. The Morgan fingerprint density at radius 1 is 1.12 bits per heavy atom. The Hall–Kier alpha value is -3.35. The maximum atomic E-state index is 13.1. The minimum atomic E-state index is -0.474. The van der Waals surface area contributed by atoms with Gasteiger partial charge in [-0.05, 0) is 32.4 Å². The van der Waals surface area contributed by atoms with E-state index in [2.05, 4.69) is 10.2 Å². The third-order valence-electron chi connectivity index (χ3n) is 4.32. The number of rotatable bonds is 4. The molecule has 26 heavy (non-hydrogen) atoms. The molecule has 1 heterocycles. The number of aryl methyl sites for hydroxylation is 2. The first-order valence-corrected chi connectivity index (χ1v) is 8.23. The third kappa shape index (κ3) is 2.99. The van der Waals surface area contributed by atoms with Gasteiger partial charge in [0, 0.05) is 35.0 Å². The molecule has 3 aromatic rings. The van der Waals surface area contributed by atoms with Crippen LogP contribution in [0.5, 0.6) is 0 Å². The zero-order valence-electron chi connectivity index (χ0n) is 14.8. The largest absolute Gasteiger partial charge is 0.291 e. The fourth-order valence-corrected chi connectivity index (χ4v) is 2.96. The number of nitrogens with zero attached hydrogens (tertiary/aromatic N) is 4. The van der Waals surface area contributed by atoms with Gasteiger partial charge >= 0.3 is 0 Å². The van der Waals surface area contributed by atoms with Gasteiger partial charge in [-0.15, -0.1) is 5.10 Å². The minimum Gasteiger partial charge on any atom is -0.291 e. The molecule has 0 saturated heterocycles. The summed E-state index contributed by atoms with van der Waals surface area (Å²) in [6.07, 6.45) is 0. The highest BCUT2D eigenvalue weighted by atomic mass is 16.6. The fourth-order valence-electron chi connectivity index (χ4n) is 2.96. The number of anilines is 1. The standard InChI is InChI=1S/C19H18N4O3/c1-4-22(18-17-8-6-5-7-16(17)13(3)20-21-18)19(24)15-10-9-14(23(25)26)11-12(15)2/h5-11H,4H2,1-3H3. The summed E-state index contributed by atoms with van der Waals surface area (Å²) in [5, 5.41) is 21.1. The summed E-state index contributed by atoms with van der Waals surface area (Å²) in [5.74, 6) is 0.222. The Morgan fingerprint density at radius 3 is 2.42 bits per heavy atom. The predicted octanol–water partition coefficient (Wildman–Crippen LogP) is 3.82. The van der Waals surface area contributed by atoms with E-state index in [9.17, 15) is 14.9 Å². The van der Waals surface area contributed by atoms with Gasteiger partial charge in [0.25, 0.3) is 11.6 Å². The van der Waals surface area contributed by atoms with Crippen LogP contribution in [0.3, 0.4) is 0 Å². The third-order valence-corrected chi connectivity index (χ3v) is 4.32. The van der Waals surface area contributed by atoms with E-state index in [1.54, 1.807) is 11.8 Å². The fraction of sp³-hybridized carbons (Fsp3) is 0.211. The van der Waals surface area contributed by atoms with E-state index in [4.69, 9.17) is 0 Å². The number of hydrogen-bond acceptors (Lipinski definition) is 5.